The van der Waals surface area contributed by atoms with E-state index in [-0.39, 0.29) is 0 Å². The minimum Gasteiger partial charge on any atom is -0.480 e. The Bertz CT molecular complexity index is 301. The molecular weight excluding hydrogens is 243 g/mol. The van der Waals surface area contributed by atoms with Crippen LogP contribution in [0.25, 0.3) is 0 Å². The number of alkyl halides is 1. The molecule has 0 saturated carbocycles. The van der Waals surface area contributed by atoms with Crippen LogP contribution in [0.3, 0.4) is 0 Å². The van der Waals surface area contributed by atoms with Gasteiger partial charge in [-0.15, -0.1) is 11.6 Å². The Hall–Kier alpha value is -0.540. The third kappa shape index (κ3) is 1.99. The summed E-state index contributed by atoms with van der Waals surface area (Å²) in [5, 5.41) is 7.62. The van der Waals surface area contributed by atoms with Gasteiger partial charge in [-0.2, -0.15) is 0 Å². The fraction of sp³-hybridized carbons (Fsp3) is 0.125. The third-order valence-electron chi connectivity index (χ3n) is 1.40. The standard InChI is InChI=1S/C8H6BrClO2/c9-6-4-2-1-3-5(6)7(10)8(11)12/h1-4,7H,(H,11,12). The number of carboxylic acids is 1. The first-order valence-corrected chi connectivity index (χ1v) is 4.47. The van der Waals surface area contributed by atoms with Crippen LogP contribution in [0.5, 0.6) is 0 Å². The van der Waals surface area contributed by atoms with Crippen LogP contribution < -0.4 is 0 Å². The lowest BCUT2D eigenvalue weighted by Crippen LogP contribution is -2.05. The monoisotopic (exact) mass is 248 g/mol. The molecule has 4 heteroatoms. The molecule has 1 aromatic carbocycles. The Morgan fingerprint density at radius 1 is 1.50 bits per heavy atom. The molecule has 1 atom stereocenters. The van der Waals surface area contributed by atoms with E-state index in [4.69, 9.17) is 16.7 Å². The molecule has 0 spiro atoms. The SMILES string of the molecule is O=C(O)C(Cl)c1ccccc1Br. The van der Waals surface area contributed by atoms with Crippen molar-refractivity contribution in [3.8, 4) is 0 Å². The molecule has 0 aliphatic heterocycles. The lowest BCUT2D eigenvalue weighted by Gasteiger charge is -2.05. The molecule has 1 N–H and O–H groups in total. The summed E-state index contributed by atoms with van der Waals surface area (Å²) in [4.78, 5) is 10.5. The molecule has 12 heavy (non-hydrogen) atoms. The van der Waals surface area contributed by atoms with Crippen molar-refractivity contribution in [1.29, 1.82) is 0 Å². The summed E-state index contributed by atoms with van der Waals surface area (Å²) in [7, 11) is 0. The van der Waals surface area contributed by atoms with Crippen LogP contribution in [-0.4, -0.2) is 11.1 Å². The summed E-state index contributed by atoms with van der Waals surface area (Å²) in [5.41, 5.74) is 0.576. The van der Waals surface area contributed by atoms with Gasteiger partial charge in [0, 0.05) is 4.47 Å². The van der Waals surface area contributed by atoms with E-state index in [1.165, 1.54) is 0 Å². The Balaban J connectivity index is 3.02. The van der Waals surface area contributed by atoms with E-state index in [2.05, 4.69) is 15.9 Å². The van der Waals surface area contributed by atoms with Gasteiger partial charge in [-0.1, -0.05) is 34.1 Å². The smallest absolute Gasteiger partial charge is 0.326 e. The first kappa shape index (κ1) is 9.55. The fourth-order valence-corrected chi connectivity index (χ4v) is 1.65. The summed E-state index contributed by atoms with van der Waals surface area (Å²) in [6.07, 6.45) is 0. The summed E-state index contributed by atoms with van der Waals surface area (Å²) < 4.78 is 0.715. The molecule has 0 saturated heterocycles. The quantitative estimate of drug-likeness (QED) is 0.818. The van der Waals surface area contributed by atoms with Crippen molar-refractivity contribution < 1.29 is 9.90 Å². The van der Waals surface area contributed by atoms with Gasteiger partial charge in [0.15, 0.2) is 5.38 Å². The summed E-state index contributed by atoms with van der Waals surface area (Å²) in [6, 6.07) is 6.99. The average Bonchev–Trinajstić information content (AvgIpc) is 2.04. The van der Waals surface area contributed by atoms with E-state index >= 15 is 0 Å². The van der Waals surface area contributed by atoms with Crippen molar-refractivity contribution >= 4 is 33.5 Å². The second-order valence-corrected chi connectivity index (χ2v) is 3.51. The molecule has 64 valence electrons. The van der Waals surface area contributed by atoms with E-state index in [1.807, 2.05) is 0 Å². The molecule has 0 aliphatic carbocycles. The van der Waals surface area contributed by atoms with Crippen LogP contribution in [0, 0.1) is 0 Å². The lowest BCUT2D eigenvalue weighted by molar-refractivity contribution is -0.136. The minimum absolute atomic E-state index is 0.576. The van der Waals surface area contributed by atoms with Crippen molar-refractivity contribution in [2.75, 3.05) is 0 Å². The highest BCUT2D eigenvalue weighted by molar-refractivity contribution is 9.10. The van der Waals surface area contributed by atoms with Gasteiger partial charge in [0.25, 0.3) is 0 Å². The molecule has 0 amide bonds. The van der Waals surface area contributed by atoms with Gasteiger partial charge >= 0.3 is 5.97 Å². The summed E-state index contributed by atoms with van der Waals surface area (Å²) in [6.45, 7) is 0. The van der Waals surface area contributed by atoms with Crippen molar-refractivity contribution in [3.05, 3.63) is 34.3 Å². The zero-order valence-electron chi connectivity index (χ0n) is 6.00. The Morgan fingerprint density at radius 3 is 2.58 bits per heavy atom. The van der Waals surface area contributed by atoms with Gasteiger partial charge in [0.1, 0.15) is 0 Å². The van der Waals surface area contributed by atoms with Crippen molar-refractivity contribution in [2.45, 2.75) is 5.38 Å². The highest BCUT2D eigenvalue weighted by atomic mass is 79.9. The number of aliphatic carboxylic acids is 1. The van der Waals surface area contributed by atoms with Gasteiger partial charge in [-0.25, -0.2) is 0 Å². The number of carbonyl (C=O) groups is 1. The maximum atomic E-state index is 10.5. The maximum absolute atomic E-state index is 10.5. The molecule has 2 nitrogen and oxygen atoms in total. The molecular formula is C8H6BrClO2. The third-order valence-corrected chi connectivity index (χ3v) is 2.54. The van der Waals surface area contributed by atoms with Crippen LogP contribution in [-0.2, 0) is 4.79 Å². The molecule has 1 rings (SSSR count). The number of halogens is 2. The first-order valence-electron chi connectivity index (χ1n) is 3.24. The van der Waals surface area contributed by atoms with E-state index in [9.17, 15) is 4.79 Å². The molecule has 0 heterocycles. The topological polar surface area (TPSA) is 37.3 Å². The van der Waals surface area contributed by atoms with E-state index in [0.717, 1.165) is 0 Å². The van der Waals surface area contributed by atoms with Crippen LogP contribution in [0.15, 0.2) is 28.7 Å². The van der Waals surface area contributed by atoms with Crippen LogP contribution in [0.4, 0.5) is 0 Å². The molecule has 1 aromatic rings. The normalized spacial score (nSPS) is 12.5. The largest absolute Gasteiger partial charge is 0.480 e. The van der Waals surface area contributed by atoms with Crippen LogP contribution in [0.1, 0.15) is 10.9 Å². The van der Waals surface area contributed by atoms with Crippen LogP contribution in [0.2, 0.25) is 0 Å². The highest BCUT2D eigenvalue weighted by Gasteiger charge is 2.17. The van der Waals surface area contributed by atoms with E-state index < -0.39 is 11.3 Å². The number of benzene rings is 1. The van der Waals surface area contributed by atoms with Gasteiger partial charge in [0.05, 0.1) is 0 Å². The molecule has 0 bridgehead atoms. The lowest BCUT2D eigenvalue weighted by atomic mass is 10.1. The number of hydrogen-bond acceptors (Lipinski definition) is 1. The fourth-order valence-electron chi connectivity index (χ4n) is 0.814. The Morgan fingerprint density at radius 2 is 2.08 bits per heavy atom. The zero-order chi connectivity index (χ0) is 9.14. The van der Waals surface area contributed by atoms with Crippen molar-refractivity contribution in [3.63, 3.8) is 0 Å². The van der Waals surface area contributed by atoms with Gasteiger partial charge in [-0.3, -0.25) is 4.79 Å². The second-order valence-electron chi connectivity index (χ2n) is 2.22. The van der Waals surface area contributed by atoms with Crippen molar-refractivity contribution in [2.24, 2.45) is 0 Å². The minimum atomic E-state index is -1.04. The molecule has 0 radical (unpaired) electrons. The van der Waals surface area contributed by atoms with Crippen molar-refractivity contribution in [1.82, 2.24) is 0 Å². The number of rotatable bonds is 2. The Kier molecular flexibility index (Phi) is 3.12. The molecule has 0 fully saturated rings. The second kappa shape index (κ2) is 3.92. The Labute approximate surface area is 83.3 Å². The summed E-state index contributed by atoms with van der Waals surface area (Å²) >= 11 is 8.83. The molecule has 0 aliphatic rings. The number of hydrogen-bond donors (Lipinski definition) is 1. The van der Waals surface area contributed by atoms with Crippen LogP contribution >= 0.6 is 27.5 Å². The number of carboxylic acid groups (broad SMARTS) is 1. The average molecular weight is 249 g/mol. The zero-order valence-corrected chi connectivity index (χ0v) is 8.34. The van der Waals surface area contributed by atoms with E-state index in [0.29, 0.717) is 10.0 Å². The molecule has 1 unspecified atom stereocenters. The van der Waals surface area contributed by atoms with Gasteiger partial charge in [0.2, 0.25) is 0 Å². The van der Waals surface area contributed by atoms with Gasteiger partial charge < -0.3 is 5.11 Å². The van der Waals surface area contributed by atoms with Gasteiger partial charge in [-0.05, 0) is 11.6 Å². The van der Waals surface area contributed by atoms with E-state index in [1.54, 1.807) is 24.3 Å². The first-order chi connectivity index (χ1) is 5.63. The molecule has 0 aromatic heterocycles. The predicted octanol–water partition coefficient (Wildman–Crippen LogP) is 2.81. The maximum Gasteiger partial charge on any atom is 0.326 e. The highest BCUT2D eigenvalue weighted by Crippen LogP contribution is 2.27. The predicted molar refractivity (Wildman–Crippen MR) is 50.4 cm³/mol. The summed E-state index contributed by atoms with van der Waals surface area (Å²) in [5.74, 6) is -1.04.